The lowest BCUT2D eigenvalue weighted by Gasteiger charge is -2.29. The molecule has 7 heteroatoms. The summed E-state index contributed by atoms with van der Waals surface area (Å²) in [6, 6.07) is 2.44. The third kappa shape index (κ3) is 2.40. The Kier molecular flexibility index (Phi) is 3.69. The van der Waals surface area contributed by atoms with Crippen LogP contribution in [-0.2, 0) is 11.4 Å². The largest absolute Gasteiger partial charge is 0.367 e. The van der Waals surface area contributed by atoms with Crippen LogP contribution in [0.15, 0.2) is 14.8 Å². The van der Waals surface area contributed by atoms with Gasteiger partial charge in [-0.1, -0.05) is 23.2 Å². The zero-order valence-corrected chi connectivity index (χ0v) is 13.9. The van der Waals surface area contributed by atoms with Crippen molar-refractivity contribution in [3.8, 4) is 0 Å². The molecule has 2 saturated heterocycles. The number of benzene rings is 1. The molecule has 4 rings (SSSR count). The standard InChI is InChI=1S/C14H16Cl2N4S/c15-10-7-11(16)14(13-12(10)17-21-18-13)20-6-2-5-19-4-1-3-9(19)8-20/h7,9H,1-6,8H2. The molecule has 4 nitrogen and oxygen atoms in total. The molecule has 3 aliphatic rings. The summed E-state index contributed by atoms with van der Waals surface area (Å²) in [5.74, 6) is 0. The minimum absolute atomic E-state index is 0.588. The van der Waals surface area contributed by atoms with Gasteiger partial charge >= 0.3 is 0 Å². The molecule has 0 spiro atoms. The molecular weight excluding hydrogens is 327 g/mol. The Hall–Kier alpha value is -0.620. The molecule has 1 aromatic rings. The Morgan fingerprint density at radius 2 is 1.86 bits per heavy atom. The van der Waals surface area contributed by atoms with Crippen LogP contribution in [0, 0.1) is 0 Å². The fraction of sp³-hybridized carbons (Fsp3) is 0.571. The first-order valence-electron chi connectivity index (χ1n) is 7.33. The van der Waals surface area contributed by atoms with Crippen LogP contribution >= 0.6 is 23.2 Å². The van der Waals surface area contributed by atoms with Gasteiger partial charge in [0.05, 0.1) is 27.1 Å². The fourth-order valence-electron chi connectivity index (χ4n) is 3.57. The van der Waals surface area contributed by atoms with E-state index in [1.807, 2.05) is 0 Å². The molecule has 3 aliphatic heterocycles. The van der Waals surface area contributed by atoms with E-state index < -0.39 is 0 Å². The molecule has 0 bridgehead atoms. The monoisotopic (exact) mass is 342 g/mol. The van der Waals surface area contributed by atoms with E-state index in [0.29, 0.717) is 16.1 Å². The van der Waals surface area contributed by atoms with Gasteiger partial charge in [-0.3, -0.25) is 4.90 Å². The van der Waals surface area contributed by atoms with E-state index in [-0.39, 0.29) is 0 Å². The van der Waals surface area contributed by atoms with Gasteiger partial charge in [-0.2, -0.15) is 8.73 Å². The molecule has 1 aromatic carbocycles. The summed E-state index contributed by atoms with van der Waals surface area (Å²) in [4.78, 5) is 5.00. The van der Waals surface area contributed by atoms with Gasteiger partial charge in [0, 0.05) is 25.7 Å². The van der Waals surface area contributed by atoms with Gasteiger partial charge in [-0.15, -0.1) is 0 Å². The second kappa shape index (κ2) is 5.54. The highest BCUT2D eigenvalue weighted by molar-refractivity contribution is 7.58. The Balaban J connectivity index is 1.73. The molecule has 0 saturated carbocycles. The van der Waals surface area contributed by atoms with Crippen molar-refractivity contribution < 1.29 is 0 Å². The first kappa shape index (κ1) is 14.0. The van der Waals surface area contributed by atoms with Crippen molar-refractivity contribution >= 4 is 51.6 Å². The van der Waals surface area contributed by atoms with Crippen molar-refractivity contribution in [2.45, 2.75) is 25.3 Å². The maximum Gasteiger partial charge on any atom is 0.131 e. The van der Waals surface area contributed by atoms with Gasteiger partial charge < -0.3 is 4.90 Å². The van der Waals surface area contributed by atoms with Crippen molar-refractivity contribution in [2.75, 3.05) is 31.1 Å². The van der Waals surface area contributed by atoms with Crippen molar-refractivity contribution in [2.24, 2.45) is 8.73 Å². The van der Waals surface area contributed by atoms with Crippen LogP contribution in [0.2, 0.25) is 10.0 Å². The molecule has 2 fully saturated rings. The Labute approximate surface area is 137 Å². The Bertz CT molecular complexity index is 657. The van der Waals surface area contributed by atoms with Crippen LogP contribution in [0.25, 0.3) is 0 Å². The van der Waals surface area contributed by atoms with Crippen LogP contribution in [0.3, 0.4) is 0 Å². The van der Waals surface area contributed by atoms with E-state index in [2.05, 4.69) is 18.5 Å². The molecule has 1 unspecified atom stereocenters. The molecule has 21 heavy (non-hydrogen) atoms. The van der Waals surface area contributed by atoms with Crippen molar-refractivity contribution in [1.29, 1.82) is 0 Å². The maximum absolute atomic E-state index is 6.49. The van der Waals surface area contributed by atoms with Crippen molar-refractivity contribution in [3.63, 3.8) is 0 Å². The quantitative estimate of drug-likeness (QED) is 0.769. The van der Waals surface area contributed by atoms with Gasteiger partial charge in [0.15, 0.2) is 0 Å². The first-order valence-corrected chi connectivity index (χ1v) is 8.82. The Morgan fingerprint density at radius 1 is 1.05 bits per heavy atom. The zero-order valence-electron chi connectivity index (χ0n) is 11.6. The van der Waals surface area contributed by atoms with E-state index in [0.717, 1.165) is 36.6 Å². The van der Waals surface area contributed by atoms with E-state index in [1.54, 1.807) is 6.07 Å². The smallest absolute Gasteiger partial charge is 0.131 e. The lowest BCUT2D eigenvalue weighted by molar-refractivity contribution is 0.273. The number of fused-ring (bicyclic) bond motifs is 2. The maximum atomic E-state index is 6.49. The van der Waals surface area contributed by atoms with Gasteiger partial charge in [-0.05, 0) is 31.9 Å². The third-order valence-electron chi connectivity index (χ3n) is 4.54. The number of anilines is 1. The normalized spacial score (nSPS) is 24.7. The van der Waals surface area contributed by atoms with Crippen LogP contribution in [0.4, 0.5) is 17.1 Å². The zero-order chi connectivity index (χ0) is 14.4. The summed E-state index contributed by atoms with van der Waals surface area (Å²) in [6.45, 7) is 4.46. The van der Waals surface area contributed by atoms with Crippen molar-refractivity contribution in [3.05, 3.63) is 16.1 Å². The molecule has 0 N–H and O–H groups in total. The SMILES string of the molecule is Clc1cc(Cl)c(N2CCCN3CCCC3C2)c2c1N=S=N2. The van der Waals surface area contributed by atoms with E-state index in [1.165, 1.54) is 37.3 Å². The average molecular weight is 343 g/mol. The first-order chi connectivity index (χ1) is 10.2. The lowest BCUT2D eigenvalue weighted by Crippen LogP contribution is -2.36. The third-order valence-corrected chi connectivity index (χ3v) is 5.64. The number of nitrogens with zero attached hydrogens (tertiary/aromatic N) is 4. The van der Waals surface area contributed by atoms with Gasteiger partial charge in [0.1, 0.15) is 11.4 Å². The minimum atomic E-state index is 0.588. The van der Waals surface area contributed by atoms with Crippen LogP contribution in [0.1, 0.15) is 19.3 Å². The topological polar surface area (TPSA) is 31.2 Å². The summed E-state index contributed by atoms with van der Waals surface area (Å²) in [5.41, 5.74) is 2.64. The van der Waals surface area contributed by atoms with Crippen LogP contribution in [-0.4, -0.2) is 37.1 Å². The number of hydrogen-bond acceptors (Lipinski definition) is 4. The summed E-state index contributed by atoms with van der Waals surface area (Å²) in [5, 5.41) is 1.27. The molecule has 0 radical (unpaired) electrons. The summed E-state index contributed by atoms with van der Waals surface area (Å²) >= 11 is 13.9. The minimum Gasteiger partial charge on any atom is -0.367 e. The second-order valence-corrected chi connectivity index (χ2v) is 7.12. The van der Waals surface area contributed by atoms with Crippen molar-refractivity contribution in [1.82, 2.24) is 4.90 Å². The highest BCUT2D eigenvalue weighted by Crippen LogP contribution is 2.49. The summed E-state index contributed by atoms with van der Waals surface area (Å²) < 4.78 is 8.75. The fourth-order valence-corrected chi connectivity index (χ4v) is 4.80. The van der Waals surface area contributed by atoms with E-state index in [4.69, 9.17) is 23.2 Å². The highest BCUT2D eigenvalue weighted by Gasteiger charge is 2.31. The predicted octanol–water partition coefficient (Wildman–Crippen LogP) is 4.39. The predicted molar refractivity (Wildman–Crippen MR) is 89.4 cm³/mol. The molecule has 3 heterocycles. The molecule has 0 aliphatic carbocycles. The van der Waals surface area contributed by atoms with Crippen LogP contribution in [0.5, 0.6) is 0 Å². The van der Waals surface area contributed by atoms with E-state index >= 15 is 0 Å². The molecular formula is C14H16Cl2N4S. The molecule has 0 amide bonds. The summed E-state index contributed by atoms with van der Waals surface area (Å²) in [6.07, 6.45) is 3.75. The molecule has 112 valence electrons. The highest BCUT2D eigenvalue weighted by atomic mass is 35.5. The van der Waals surface area contributed by atoms with Gasteiger partial charge in [-0.25, -0.2) is 0 Å². The number of hydrogen-bond donors (Lipinski definition) is 0. The number of rotatable bonds is 1. The average Bonchev–Trinajstić information content (AvgIpc) is 3.05. The molecule has 1 atom stereocenters. The second-order valence-electron chi connectivity index (χ2n) is 5.78. The van der Waals surface area contributed by atoms with E-state index in [9.17, 15) is 0 Å². The number of halogens is 2. The molecule has 0 aromatic heterocycles. The lowest BCUT2D eigenvalue weighted by atomic mass is 10.1. The summed E-state index contributed by atoms with van der Waals surface area (Å²) in [7, 11) is 0. The van der Waals surface area contributed by atoms with Gasteiger partial charge in [0.25, 0.3) is 0 Å². The Morgan fingerprint density at radius 3 is 2.76 bits per heavy atom. The van der Waals surface area contributed by atoms with Gasteiger partial charge in [0.2, 0.25) is 0 Å². The van der Waals surface area contributed by atoms with Crippen LogP contribution < -0.4 is 4.90 Å².